The lowest BCUT2D eigenvalue weighted by molar-refractivity contribution is -0.110. The summed E-state index contributed by atoms with van der Waals surface area (Å²) in [4.78, 5) is 27.4. The summed E-state index contributed by atoms with van der Waals surface area (Å²) in [6, 6.07) is 13.4. The van der Waals surface area contributed by atoms with Crippen molar-refractivity contribution >= 4 is 29.2 Å². The highest BCUT2D eigenvalue weighted by Gasteiger charge is 2.28. The van der Waals surface area contributed by atoms with E-state index in [0.717, 1.165) is 28.1 Å². The molecule has 146 valence electrons. The van der Waals surface area contributed by atoms with Crippen LogP contribution < -0.4 is 10.1 Å². The molecular weight excluding hydrogens is 368 g/mol. The number of H-pyrrole nitrogens is 1. The summed E-state index contributed by atoms with van der Waals surface area (Å²) in [6.45, 7) is 3.45. The third-order valence-corrected chi connectivity index (χ3v) is 5.19. The van der Waals surface area contributed by atoms with Gasteiger partial charge in [0.05, 0.1) is 18.2 Å². The third kappa shape index (κ3) is 3.08. The number of aromatic nitrogens is 1. The molecule has 0 radical (unpaired) electrons. The Balaban J connectivity index is 1.90. The monoisotopic (exact) mass is 388 g/mol. The van der Waals surface area contributed by atoms with Crippen molar-refractivity contribution in [3.63, 3.8) is 0 Å². The number of amides is 1. The Bertz CT molecular complexity index is 1190. The maximum atomic E-state index is 12.7. The van der Waals surface area contributed by atoms with Crippen LogP contribution in [0.2, 0.25) is 0 Å². The van der Waals surface area contributed by atoms with E-state index >= 15 is 0 Å². The van der Waals surface area contributed by atoms with Crippen molar-refractivity contribution in [2.45, 2.75) is 13.8 Å². The number of rotatable bonds is 4. The SMILES string of the molecule is COc1cccc(-c2cccc3c2C(=Cc2[nH]c(C)c(C(=O)O)c2C)C(=O)N3)c1. The van der Waals surface area contributed by atoms with Crippen molar-refractivity contribution in [2.24, 2.45) is 0 Å². The second-order valence-corrected chi connectivity index (χ2v) is 6.94. The van der Waals surface area contributed by atoms with Gasteiger partial charge in [-0.05, 0) is 54.8 Å². The second kappa shape index (κ2) is 6.98. The van der Waals surface area contributed by atoms with E-state index in [0.29, 0.717) is 22.5 Å². The Morgan fingerprint density at radius 1 is 1.14 bits per heavy atom. The van der Waals surface area contributed by atoms with Gasteiger partial charge in [0, 0.05) is 22.6 Å². The first-order valence-corrected chi connectivity index (χ1v) is 9.14. The summed E-state index contributed by atoms with van der Waals surface area (Å²) in [5.41, 5.74) is 5.81. The van der Waals surface area contributed by atoms with Crippen LogP contribution in [0.1, 0.15) is 32.9 Å². The van der Waals surface area contributed by atoms with Gasteiger partial charge in [0.2, 0.25) is 0 Å². The summed E-state index contributed by atoms with van der Waals surface area (Å²) in [5, 5.41) is 12.3. The van der Waals surface area contributed by atoms with Crippen LogP contribution in [0.25, 0.3) is 22.8 Å². The molecular formula is C23H20N2O4. The van der Waals surface area contributed by atoms with Gasteiger partial charge in [-0.15, -0.1) is 0 Å². The van der Waals surface area contributed by atoms with Crippen molar-refractivity contribution in [1.29, 1.82) is 0 Å². The average molecular weight is 388 g/mol. The molecule has 1 aliphatic heterocycles. The zero-order chi connectivity index (χ0) is 20.7. The molecule has 0 saturated carbocycles. The van der Waals surface area contributed by atoms with Gasteiger partial charge in [0.15, 0.2) is 0 Å². The van der Waals surface area contributed by atoms with Gasteiger partial charge < -0.3 is 20.1 Å². The number of carboxylic acid groups (broad SMARTS) is 1. The minimum atomic E-state index is -0.991. The topological polar surface area (TPSA) is 91.4 Å². The van der Waals surface area contributed by atoms with Crippen molar-refractivity contribution < 1.29 is 19.4 Å². The van der Waals surface area contributed by atoms with Crippen molar-refractivity contribution in [2.75, 3.05) is 12.4 Å². The Labute approximate surface area is 167 Å². The lowest BCUT2D eigenvalue weighted by atomic mass is 9.94. The van der Waals surface area contributed by atoms with Crippen LogP contribution in [0.15, 0.2) is 42.5 Å². The van der Waals surface area contributed by atoms with E-state index in [2.05, 4.69) is 10.3 Å². The minimum absolute atomic E-state index is 0.223. The molecule has 3 N–H and O–H groups in total. The highest BCUT2D eigenvalue weighted by molar-refractivity contribution is 6.36. The number of aromatic amines is 1. The molecule has 1 aromatic heterocycles. The largest absolute Gasteiger partial charge is 0.497 e. The maximum Gasteiger partial charge on any atom is 0.337 e. The maximum absolute atomic E-state index is 12.7. The standard InChI is InChI=1S/C23H20N2O4/c1-12-19(24-13(2)20(12)23(27)28)11-17-21-16(8-5-9-18(21)25-22(17)26)14-6-4-7-15(10-14)29-3/h4-11,24H,1-3H3,(H,25,26)(H,27,28). The number of fused-ring (bicyclic) bond motifs is 1. The first kappa shape index (κ1) is 18.6. The third-order valence-electron chi connectivity index (χ3n) is 5.19. The van der Waals surface area contributed by atoms with Crippen LogP contribution in [0, 0.1) is 13.8 Å². The van der Waals surface area contributed by atoms with E-state index in [1.165, 1.54) is 0 Å². The molecule has 0 atom stereocenters. The van der Waals surface area contributed by atoms with Crippen LogP contribution in [0.5, 0.6) is 5.75 Å². The first-order valence-electron chi connectivity index (χ1n) is 9.14. The van der Waals surface area contributed by atoms with Gasteiger partial charge >= 0.3 is 5.97 Å². The summed E-state index contributed by atoms with van der Waals surface area (Å²) < 4.78 is 5.34. The van der Waals surface area contributed by atoms with Gasteiger partial charge in [-0.3, -0.25) is 4.79 Å². The molecule has 2 heterocycles. The number of nitrogens with one attached hydrogen (secondary N) is 2. The minimum Gasteiger partial charge on any atom is -0.497 e. The normalized spacial score (nSPS) is 14.0. The first-order chi connectivity index (χ1) is 13.9. The summed E-state index contributed by atoms with van der Waals surface area (Å²) in [5.74, 6) is -0.488. The fraction of sp³-hybridized carbons (Fsp3) is 0.130. The molecule has 3 aromatic rings. The number of benzene rings is 2. The fourth-order valence-corrected chi connectivity index (χ4v) is 3.80. The quantitative estimate of drug-likeness (QED) is 0.574. The van der Waals surface area contributed by atoms with Crippen LogP contribution in [-0.2, 0) is 4.79 Å². The lowest BCUT2D eigenvalue weighted by Crippen LogP contribution is -2.03. The number of aromatic carboxylic acids is 1. The van der Waals surface area contributed by atoms with Crippen LogP contribution >= 0.6 is 0 Å². The highest BCUT2D eigenvalue weighted by atomic mass is 16.5. The molecule has 6 nitrogen and oxygen atoms in total. The van der Waals surface area contributed by atoms with Crippen LogP contribution in [0.3, 0.4) is 0 Å². The van der Waals surface area contributed by atoms with Gasteiger partial charge in [0.1, 0.15) is 5.75 Å². The van der Waals surface area contributed by atoms with E-state index in [4.69, 9.17) is 4.74 Å². The molecule has 1 aliphatic rings. The molecule has 4 rings (SSSR count). The number of aryl methyl sites for hydroxylation is 1. The molecule has 6 heteroatoms. The highest BCUT2D eigenvalue weighted by Crippen LogP contribution is 2.41. The van der Waals surface area contributed by atoms with E-state index in [1.807, 2.05) is 42.5 Å². The van der Waals surface area contributed by atoms with E-state index in [-0.39, 0.29) is 11.5 Å². The van der Waals surface area contributed by atoms with E-state index < -0.39 is 5.97 Å². The molecule has 29 heavy (non-hydrogen) atoms. The molecule has 1 amide bonds. The summed E-state index contributed by atoms with van der Waals surface area (Å²) in [6.07, 6.45) is 1.72. The zero-order valence-corrected chi connectivity index (χ0v) is 16.3. The van der Waals surface area contributed by atoms with E-state index in [9.17, 15) is 14.7 Å². The molecule has 2 aromatic carbocycles. The van der Waals surface area contributed by atoms with Crippen molar-refractivity contribution in [3.8, 4) is 16.9 Å². The number of anilines is 1. The number of carboxylic acids is 1. The summed E-state index contributed by atoms with van der Waals surface area (Å²) in [7, 11) is 1.61. The number of carbonyl (C=O) groups excluding carboxylic acids is 1. The summed E-state index contributed by atoms with van der Waals surface area (Å²) >= 11 is 0. The number of ether oxygens (including phenoxy) is 1. The molecule has 0 saturated heterocycles. The van der Waals surface area contributed by atoms with Crippen molar-refractivity contribution in [3.05, 3.63) is 70.5 Å². The molecule has 0 fully saturated rings. The lowest BCUT2D eigenvalue weighted by Gasteiger charge is -2.10. The Morgan fingerprint density at radius 3 is 2.59 bits per heavy atom. The predicted molar refractivity (Wildman–Crippen MR) is 112 cm³/mol. The van der Waals surface area contributed by atoms with Crippen molar-refractivity contribution in [1.82, 2.24) is 4.98 Å². The zero-order valence-electron chi connectivity index (χ0n) is 16.3. The Hall–Kier alpha value is -3.80. The van der Waals surface area contributed by atoms with Gasteiger partial charge in [-0.1, -0.05) is 24.3 Å². The Morgan fingerprint density at radius 2 is 1.90 bits per heavy atom. The molecule has 0 bridgehead atoms. The number of hydrogen-bond donors (Lipinski definition) is 3. The molecule has 0 spiro atoms. The van der Waals surface area contributed by atoms with Crippen LogP contribution in [-0.4, -0.2) is 29.1 Å². The predicted octanol–water partition coefficient (Wildman–Crippen LogP) is 4.50. The van der Waals surface area contributed by atoms with Crippen LogP contribution in [0.4, 0.5) is 5.69 Å². The van der Waals surface area contributed by atoms with E-state index in [1.54, 1.807) is 27.0 Å². The number of carbonyl (C=O) groups is 2. The number of methoxy groups -OCH3 is 1. The molecule has 0 unspecified atom stereocenters. The van der Waals surface area contributed by atoms with Gasteiger partial charge in [0.25, 0.3) is 5.91 Å². The van der Waals surface area contributed by atoms with Gasteiger partial charge in [-0.2, -0.15) is 0 Å². The Kier molecular flexibility index (Phi) is 4.47. The molecule has 0 aliphatic carbocycles. The smallest absolute Gasteiger partial charge is 0.337 e. The fourth-order valence-electron chi connectivity index (χ4n) is 3.80. The number of hydrogen-bond acceptors (Lipinski definition) is 3. The second-order valence-electron chi connectivity index (χ2n) is 6.94. The average Bonchev–Trinajstić information content (AvgIpc) is 3.17. The van der Waals surface area contributed by atoms with Gasteiger partial charge in [-0.25, -0.2) is 4.79 Å².